The van der Waals surface area contributed by atoms with Gasteiger partial charge in [-0.05, 0) is 15.9 Å². The van der Waals surface area contributed by atoms with Gasteiger partial charge in [0, 0.05) is 6.20 Å². The van der Waals surface area contributed by atoms with Gasteiger partial charge in [-0.1, -0.05) is 0 Å². The summed E-state index contributed by atoms with van der Waals surface area (Å²) >= 11 is 3.32. The molecule has 0 radical (unpaired) electrons. The molecule has 13 heavy (non-hydrogen) atoms. The maximum absolute atomic E-state index is 4.04. The van der Waals surface area contributed by atoms with E-state index in [1.54, 1.807) is 18.7 Å². The van der Waals surface area contributed by atoms with E-state index < -0.39 is 0 Å². The van der Waals surface area contributed by atoms with E-state index >= 15 is 0 Å². The molecule has 2 rings (SSSR count). The smallest absolute Gasteiger partial charge is 0.149 e. The van der Waals surface area contributed by atoms with E-state index in [1.807, 2.05) is 0 Å². The quantitative estimate of drug-likeness (QED) is 0.838. The molecular weight excluding hydrogens is 234 g/mol. The molecule has 0 bridgehead atoms. The number of H-pyrrole nitrogens is 1. The molecule has 5 nitrogen and oxygen atoms in total. The van der Waals surface area contributed by atoms with Crippen molar-refractivity contribution in [2.45, 2.75) is 0 Å². The van der Waals surface area contributed by atoms with E-state index in [1.165, 1.54) is 6.33 Å². The lowest BCUT2D eigenvalue weighted by Crippen LogP contribution is -1.94. The average Bonchev–Trinajstić information content (AvgIpc) is 2.61. The lowest BCUT2D eigenvalue weighted by molar-refractivity contribution is 1.15. The zero-order valence-corrected chi connectivity index (χ0v) is 8.12. The van der Waals surface area contributed by atoms with Gasteiger partial charge >= 0.3 is 0 Å². The van der Waals surface area contributed by atoms with Crippen molar-refractivity contribution in [1.82, 2.24) is 19.9 Å². The summed E-state index contributed by atoms with van der Waals surface area (Å²) in [5.41, 5.74) is 0. The van der Waals surface area contributed by atoms with Crippen molar-refractivity contribution in [1.29, 1.82) is 0 Å². The minimum absolute atomic E-state index is 0.708. The largest absolute Gasteiger partial charge is 0.331 e. The van der Waals surface area contributed by atoms with Crippen molar-refractivity contribution < 1.29 is 0 Å². The fourth-order valence-corrected chi connectivity index (χ4v) is 1.18. The van der Waals surface area contributed by atoms with Crippen LogP contribution in [0.3, 0.4) is 0 Å². The highest BCUT2D eigenvalue weighted by Gasteiger charge is 2.00. The third kappa shape index (κ3) is 1.83. The Bertz CT molecular complexity index is 386. The van der Waals surface area contributed by atoms with E-state index in [-0.39, 0.29) is 0 Å². The Morgan fingerprint density at radius 2 is 2.23 bits per heavy atom. The normalized spacial score (nSPS) is 9.92. The van der Waals surface area contributed by atoms with Gasteiger partial charge in [0.05, 0.1) is 17.0 Å². The molecule has 0 atom stereocenters. The van der Waals surface area contributed by atoms with Crippen LogP contribution >= 0.6 is 15.9 Å². The molecule has 0 aliphatic carbocycles. The molecule has 0 amide bonds. The second kappa shape index (κ2) is 3.53. The predicted octanol–water partition coefficient (Wildman–Crippen LogP) is 1.71. The lowest BCUT2D eigenvalue weighted by Gasteiger charge is -2.02. The Morgan fingerprint density at radius 3 is 2.92 bits per heavy atom. The molecule has 6 heteroatoms. The number of nitrogens with one attached hydrogen (secondary N) is 2. The van der Waals surface area contributed by atoms with E-state index in [0.717, 1.165) is 10.3 Å². The van der Waals surface area contributed by atoms with E-state index in [2.05, 4.69) is 41.2 Å². The number of hydrogen-bond donors (Lipinski definition) is 2. The molecule has 0 fully saturated rings. The van der Waals surface area contributed by atoms with Crippen molar-refractivity contribution in [2.75, 3.05) is 5.32 Å². The summed E-state index contributed by atoms with van der Waals surface area (Å²) in [5.74, 6) is 1.50. The highest BCUT2D eigenvalue weighted by atomic mass is 79.9. The third-order valence-corrected chi connectivity index (χ3v) is 2.00. The van der Waals surface area contributed by atoms with Crippen LogP contribution < -0.4 is 5.32 Å². The SMILES string of the molecule is Brc1cncnc1Nc1cnc[nH]1. The van der Waals surface area contributed by atoms with Crippen molar-refractivity contribution in [3.8, 4) is 0 Å². The van der Waals surface area contributed by atoms with Crippen LogP contribution in [-0.4, -0.2) is 19.9 Å². The molecule has 0 spiro atoms. The Balaban J connectivity index is 2.24. The monoisotopic (exact) mass is 239 g/mol. The van der Waals surface area contributed by atoms with Gasteiger partial charge in [-0.3, -0.25) is 0 Å². The van der Waals surface area contributed by atoms with Gasteiger partial charge in [0.25, 0.3) is 0 Å². The Morgan fingerprint density at radius 1 is 1.31 bits per heavy atom. The van der Waals surface area contributed by atoms with E-state index in [4.69, 9.17) is 0 Å². The molecule has 2 heterocycles. The lowest BCUT2D eigenvalue weighted by atomic mass is 10.5. The molecule has 2 aromatic heterocycles. The van der Waals surface area contributed by atoms with Gasteiger partial charge in [0.2, 0.25) is 0 Å². The summed E-state index contributed by atoms with van der Waals surface area (Å²) in [4.78, 5) is 14.7. The average molecular weight is 240 g/mol. The van der Waals surface area contributed by atoms with Crippen LogP contribution in [0.25, 0.3) is 0 Å². The number of aromatic amines is 1. The third-order valence-electron chi connectivity index (χ3n) is 1.42. The number of aromatic nitrogens is 4. The number of halogens is 1. The van der Waals surface area contributed by atoms with Crippen LogP contribution in [0.5, 0.6) is 0 Å². The van der Waals surface area contributed by atoms with Crippen molar-refractivity contribution in [2.24, 2.45) is 0 Å². The fourth-order valence-electron chi connectivity index (χ4n) is 0.856. The van der Waals surface area contributed by atoms with Gasteiger partial charge in [-0.15, -0.1) is 0 Å². The molecule has 0 aliphatic rings. The summed E-state index contributed by atoms with van der Waals surface area (Å²) < 4.78 is 0.810. The predicted molar refractivity (Wildman–Crippen MR) is 51.6 cm³/mol. The molecule has 2 aromatic rings. The molecule has 0 unspecified atom stereocenters. The fraction of sp³-hybridized carbons (Fsp3) is 0. The van der Waals surface area contributed by atoms with Gasteiger partial charge in [-0.25, -0.2) is 15.0 Å². The van der Waals surface area contributed by atoms with Gasteiger partial charge in [-0.2, -0.15) is 0 Å². The number of imidazole rings is 1. The zero-order chi connectivity index (χ0) is 9.10. The first-order valence-electron chi connectivity index (χ1n) is 3.57. The first kappa shape index (κ1) is 8.18. The maximum Gasteiger partial charge on any atom is 0.149 e. The topological polar surface area (TPSA) is 66.5 Å². The Hall–Kier alpha value is -1.43. The standard InChI is InChI=1S/C7H6BrN5/c8-5-1-9-4-12-7(5)13-6-2-10-3-11-6/h1-4H,(H,10,11)(H,9,12,13). The number of anilines is 2. The molecule has 0 saturated heterocycles. The highest BCUT2D eigenvalue weighted by Crippen LogP contribution is 2.20. The summed E-state index contributed by atoms with van der Waals surface area (Å²) in [6.45, 7) is 0. The van der Waals surface area contributed by atoms with Crippen LogP contribution in [-0.2, 0) is 0 Å². The van der Waals surface area contributed by atoms with E-state index in [9.17, 15) is 0 Å². The van der Waals surface area contributed by atoms with Gasteiger partial charge in [0.1, 0.15) is 18.0 Å². The molecular formula is C7H6BrN5. The Kier molecular flexibility index (Phi) is 2.22. The molecule has 0 aromatic carbocycles. The van der Waals surface area contributed by atoms with Gasteiger partial charge in [0.15, 0.2) is 0 Å². The van der Waals surface area contributed by atoms with E-state index in [0.29, 0.717) is 5.82 Å². The second-order valence-electron chi connectivity index (χ2n) is 2.31. The minimum Gasteiger partial charge on any atom is -0.331 e. The Labute approximate surface area is 82.8 Å². The maximum atomic E-state index is 4.04. The van der Waals surface area contributed by atoms with Crippen LogP contribution in [0.1, 0.15) is 0 Å². The van der Waals surface area contributed by atoms with Gasteiger partial charge < -0.3 is 10.3 Å². The molecule has 0 saturated carbocycles. The summed E-state index contributed by atoms with van der Waals surface area (Å²) in [7, 11) is 0. The first-order chi connectivity index (χ1) is 6.36. The minimum atomic E-state index is 0.708. The van der Waals surface area contributed by atoms with Crippen molar-refractivity contribution in [3.05, 3.63) is 29.5 Å². The second-order valence-corrected chi connectivity index (χ2v) is 3.16. The number of hydrogen-bond acceptors (Lipinski definition) is 4. The summed E-state index contributed by atoms with van der Waals surface area (Å²) in [6.07, 6.45) is 6.42. The van der Waals surface area contributed by atoms with Crippen molar-refractivity contribution in [3.63, 3.8) is 0 Å². The molecule has 66 valence electrons. The summed E-state index contributed by atoms with van der Waals surface area (Å²) in [5, 5.41) is 3.04. The van der Waals surface area contributed by atoms with Crippen LogP contribution in [0.4, 0.5) is 11.6 Å². The molecule has 0 aliphatic heterocycles. The first-order valence-corrected chi connectivity index (χ1v) is 4.36. The number of rotatable bonds is 2. The summed E-state index contributed by atoms with van der Waals surface area (Å²) in [6, 6.07) is 0. The zero-order valence-electron chi connectivity index (χ0n) is 6.53. The number of nitrogens with zero attached hydrogens (tertiary/aromatic N) is 3. The highest BCUT2D eigenvalue weighted by molar-refractivity contribution is 9.10. The molecule has 2 N–H and O–H groups in total. The van der Waals surface area contributed by atoms with Crippen LogP contribution in [0.15, 0.2) is 29.5 Å². The van der Waals surface area contributed by atoms with Crippen LogP contribution in [0.2, 0.25) is 0 Å². The van der Waals surface area contributed by atoms with Crippen LogP contribution in [0, 0.1) is 0 Å². The van der Waals surface area contributed by atoms with Crippen molar-refractivity contribution >= 4 is 27.6 Å².